The Labute approximate surface area is 88.5 Å². The fourth-order valence-corrected chi connectivity index (χ4v) is 1.85. The maximum Gasteiger partial charge on any atom is 0.0332 e. The Morgan fingerprint density at radius 3 is 2.54 bits per heavy atom. The van der Waals surface area contributed by atoms with Crippen molar-refractivity contribution < 1.29 is 0 Å². The SMILES string of the molecule is CCC(C)C(N)c1ccccc1Br. The summed E-state index contributed by atoms with van der Waals surface area (Å²) in [5.74, 6) is 0.527. The van der Waals surface area contributed by atoms with Crippen molar-refractivity contribution in [3.8, 4) is 0 Å². The van der Waals surface area contributed by atoms with Gasteiger partial charge in [-0.25, -0.2) is 0 Å². The van der Waals surface area contributed by atoms with Gasteiger partial charge in [0.2, 0.25) is 0 Å². The predicted octanol–water partition coefficient (Wildman–Crippen LogP) is 3.50. The van der Waals surface area contributed by atoms with Crippen LogP contribution in [0, 0.1) is 5.92 Å². The maximum absolute atomic E-state index is 6.12. The molecule has 0 bridgehead atoms. The fraction of sp³-hybridized carbons (Fsp3) is 0.455. The summed E-state index contributed by atoms with van der Waals surface area (Å²) in [5.41, 5.74) is 7.33. The van der Waals surface area contributed by atoms with Gasteiger partial charge in [-0.3, -0.25) is 0 Å². The molecule has 1 aromatic carbocycles. The second-order valence-corrected chi connectivity index (χ2v) is 4.29. The van der Waals surface area contributed by atoms with Crippen LogP contribution in [0.4, 0.5) is 0 Å². The van der Waals surface area contributed by atoms with E-state index in [4.69, 9.17) is 5.73 Å². The van der Waals surface area contributed by atoms with Crippen LogP contribution < -0.4 is 5.73 Å². The molecule has 72 valence electrons. The molecule has 2 N–H and O–H groups in total. The number of hydrogen-bond acceptors (Lipinski definition) is 1. The van der Waals surface area contributed by atoms with Gasteiger partial charge in [-0.05, 0) is 17.5 Å². The van der Waals surface area contributed by atoms with Crippen LogP contribution >= 0.6 is 15.9 Å². The summed E-state index contributed by atoms with van der Waals surface area (Å²) in [6.45, 7) is 4.35. The Morgan fingerprint density at radius 2 is 2.00 bits per heavy atom. The number of halogens is 1. The normalized spacial score (nSPS) is 15.4. The standard InChI is InChI=1S/C11H16BrN/c1-3-8(2)11(13)9-6-4-5-7-10(9)12/h4-8,11H,3,13H2,1-2H3. The van der Waals surface area contributed by atoms with Crippen LogP contribution in [-0.2, 0) is 0 Å². The minimum Gasteiger partial charge on any atom is -0.324 e. The van der Waals surface area contributed by atoms with Crippen molar-refractivity contribution in [1.82, 2.24) is 0 Å². The lowest BCUT2D eigenvalue weighted by Gasteiger charge is -2.19. The van der Waals surface area contributed by atoms with Crippen LogP contribution in [0.25, 0.3) is 0 Å². The summed E-state index contributed by atoms with van der Waals surface area (Å²) >= 11 is 3.51. The third-order valence-corrected chi connectivity index (χ3v) is 3.24. The van der Waals surface area contributed by atoms with Crippen LogP contribution in [0.1, 0.15) is 31.9 Å². The van der Waals surface area contributed by atoms with Crippen molar-refractivity contribution in [2.45, 2.75) is 26.3 Å². The van der Waals surface area contributed by atoms with Crippen molar-refractivity contribution >= 4 is 15.9 Å². The van der Waals surface area contributed by atoms with Crippen molar-refractivity contribution in [2.24, 2.45) is 11.7 Å². The molecule has 0 aliphatic rings. The molecule has 0 aliphatic carbocycles. The van der Waals surface area contributed by atoms with Crippen LogP contribution in [0.2, 0.25) is 0 Å². The molecule has 0 saturated heterocycles. The summed E-state index contributed by atoms with van der Waals surface area (Å²) in [5, 5.41) is 0. The van der Waals surface area contributed by atoms with E-state index < -0.39 is 0 Å². The topological polar surface area (TPSA) is 26.0 Å². The number of rotatable bonds is 3. The second kappa shape index (κ2) is 4.77. The molecule has 0 spiro atoms. The predicted molar refractivity (Wildman–Crippen MR) is 60.5 cm³/mol. The summed E-state index contributed by atoms with van der Waals surface area (Å²) in [4.78, 5) is 0. The van der Waals surface area contributed by atoms with Crippen LogP contribution in [0.15, 0.2) is 28.7 Å². The van der Waals surface area contributed by atoms with E-state index in [-0.39, 0.29) is 6.04 Å². The van der Waals surface area contributed by atoms with E-state index in [1.54, 1.807) is 0 Å². The summed E-state index contributed by atoms with van der Waals surface area (Å²) in [6, 6.07) is 8.30. The smallest absolute Gasteiger partial charge is 0.0332 e. The zero-order chi connectivity index (χ0) is 9.84. The zero-order valence-electron chi connectivity index (χ0n) is 8.13. The van der Waals surface area contributed by atoms with Gasteiger partial charge in [0.05, 0.1) is 0 Å². The number of benzene rings is 1. The first-order valence-corrected chi connectivity index (χ1v) is 5.46. The van der Waals surface area contributed by atoms with Crippen LogP contribution in [-0.4, -0.2) is 0 Å². The van der Waals surface area contributed by atoms with Crippen molar-refractivity contribution in [3.05, 3.63) is 34.3 Å². The van der Waals surface area contributed by atoms with Gasteiger partial charge in [-0.2, -0.15) is 0 Å². The average Bonchev–Trinajstić information content (AvgIpc) is 2.16. The van der Waals surface area contributed by atoms with Gasteiger partial charge in [-0.15, -0.1) is 0 Å². The van der Waals surface area contributed by atoms with Crippen LogP contribution in [0.3, 0.4) is 0 Å². The van der Waals surface area contributed by atoms with E-state index in [1.165, 1.54) is 5.56 Å². The minimum atomic E-state index is 0.139. The fourth-order valence-electron chi connectivity index (χ4n) is 1.31. The lowest BCUT2D eigenvalue weighted by Crippen LogP contribution is -2.18. The first-order valence-electron chi connectivity index (χ1n) is 4.66. The molecule has 0 fully saturated rings. The van der Waals surface area contributed by atoms with Crippen molar-refractivity contribution in [1.29, 1.82) is 0 Å². The highest BCUT2D eigenvalue weighted by Crippen LogP contribution is 2.27. The molecule has 1 rings (SSSR count). The first-order chi connectivity index (χ1) is 6.16. The molecule has 1 nitrogen and oxygen atoms in total. The maximum atomic E-state index is 6.12. The lowest BCUT2D eigenvalue weighted by atomic mass is 9.93. The van der Waals surface area contributed by atoms with Crippen molar-refractivity contribution in [2.75, 3.05) is 0 Å². The highest BCUT2D eigenvalue weighted by atomic mass is 79.9. The zero-order valence-corrected chi connectivity index (χ0v) is 9.71. The molecule has 13 heavy (non-hydrogen) atoms. The van der Waals surface area contributed by atoms with E-state index in [0.717, 1.165) is 10.9 Å². The van der Waals surface area contributed by atoms with E-state index in [1.807, 2.05) is 18.2 Å². The van der Waals surface area contributed by atoms with Gasteiger partial charge in [0, 0.05) is 10.5 Å². The van der Waals surface area contributed by atoms with Crippen LogP contribution in [0.5, 0.6) is 0 Å². The molecule has 2 atom stereocenters. The first kappa shape index (κ1) is 10.7. The van der Waals surface area contributed by atoms with Gasteiger partial charge in [-0.1, -0.05) is 54.4 Å². The minimum absolute atomic E-state index is 0.139. The number of nitrogens with two attached hydrogens (primary N) is 1. The molecule has 0 saturated carbocycles. The molecule has 0 aliphatic heterocycles. The van der Waals surface area contributed by atoms with Gasteiger partial charge >= 0.3 is 0 Å². The molecule has 2 unspecified atom stereocenters. The summed E-state index contributed by atoms with van der Waals surface area (Å²) in [6.07, 6.45) is 1.11. The van der Waals surface area contributed by atoms with Gasteiger partial charge in [0.25, 0.3) is 0 Å². The molecule has 0 heterocycles. The largest absolute Gasteiger partial charge is 0.324 e. The summed E-state index contributed by atoms with van der Waals surface area (Å²) < 4.78 is 1.11. The average molecular weight is 242 g/mol. The third kappa shape index (κ3) is 2.55. The Kier molecular flexibility index (Phi) is 3.94. The third-order valence-electron chi connectivity index (χ3n) is 2.52. The second-order valence-electron chi connectivity index (χ2n) is 3.43. The van der Waals surface area contributed by atoms with E-state index >= 15 is 0 Å². The molecule has 0 aromatic heterocycles. The lowest BCUT2D eigenvalue weighted by molar-refractivity contribution is 0.455. The highest BCUT2D eigenvalue weighted by Gasteiger charge is 2.14. The van der Waals surface area contributed by atoms with Gasteiger partial charge in [0.1, 0.15) is 0 Å². The van der Waals surface area contributed by atoms with Crippen molar-refractivity contribution in [3.63, 3.8) is 0 Å². The summed E-state index contributed by atoms with van der Waals surface area (Å²) in [7, 11) is 0. The van der Waals surface area contributed by atoms with E-state index in [2.05, 4.69) is 35.8 Å². The highest BCUT2D eigenvalue weighted by molar-refractivity contribution is 9.10. The molecular weight excluding hydrogens is 226 g/mol. The van der Waals surface area contributed by atoms with Gasteiger partial charge in [0.15, 0.2) is 0 Å². The Hall–Kier alpha value is -0.340. The molecule has 1 aromatic rings. The number of hydrogen-bond donors (Lipinski definition) is 1. The molecule has 0 radical (unpaired) electrons. The monoisotopic (exact) mass is 241 g/mol. The van der Waals surface area contributed by atoms with E-state index in [0.29, 0.717) is 5.92 Å². The quantitative estimate of drug-likeness (QED) is 0.862. The molecular formula is C11H16BrN. The van der Waals surface area contributed by atoms with Gasteiger partial charge < -0.3 is 5.73 Å². The molecule has 0 amide bonds. The Bertz CT molecular complexity index is 273. The Balaban J connectivity index is 2.88. The molecule has 2 heteroatoms. The van der Waals surface area contributed by atoms with E-state index in [9.17, 15) is 0 Å². The Morgan fingerprint density at radius 1 is 1.38 bits per heavy atom.